The predicted octanol–water partition coefficient (Wildman–Crippen LogP) is 1.44. The highest BCUT2D eigenvalue weighted by Crippen LogP contribution is 2.62. The molecular formula is C21H34N2O4. The number of rotatable bonds is 5. The van der Waals surface area contributed by atoms with Crippen molar-refractivity contribution in [1.82, 2.24) is 10.2 Å². The molecule has 2 saturated carbocycles. The molecule has 27 heavy (non-hydrogen) atoms. The predicted molar refractivity (Wildman–Crippen MR) is 100 cm³/mol. The molecule has 3 heterocycles. The van der Waals surface area contributed by atoms with Crippen LogP contribution in [-0.4, -0.2) is 75.1 Å². The van der Waals surface area contributed by atoms with Crippen molar-refractivity contribution in [2.75, 3.05) is 52.5 Å². The zero-order valence-electron chi connectivity index (χ0n) is 16.6. The summed E-state index contributed by atoms with van der Waals surface area (Å²) in [4.78, 5) is 15.0. The number of hydrogen-bond acceptors (Lipinski definition) is 6. The van der Waals surface area contributed by atoms with Crippen molar-refractivity contribution in [3.05, 3.63) is 0 Å². The second-order valence-corrected chi connectivity index (χ2v) is 9.76. The first-order valence-corrected chi connectivity index (χ1v) is 10.9. The first-order chi connectivity index (χ1) is 13.1. The normalized spacial score (nSPS) is 46.8. The number of esters is 1. The second-order valence-electron chi connectivity index (χ2n) is 9.76. The lowest BCUT2D eigenvalue weighted by Gasteiger charge is -2.51. The first kappa shape index (κ1) is 18.3. The minimum atomic E-state index is 0.0157. The van der Waals surface area contributed by atoms with Crippen LogP contribution in [0.2, 0.25) is 0 Å². The minimum absolute atomic E-state index is 0.0157. The van der Waals surface area contributed by atoms with Gasteiger partial charge < -0.3 is 19.5 Å². The Morgan fingerprint density at radius 2 is 2.07 bits per heavy atom. The summed E-state index contributed by atoms with van der Waals surface area (Å²) in [6.07, 6.45) is 5.98. The largest absolute Gasteiger partial charge is 0.462 e. The van der Waals surface area contributed by atoms with Crippen molar-refractivity contribution in [1.29, 1.82) is 0 Å². The van der Waals surface area contributed by atoms with Gasteiger partial charge in [0, 0.05) is 38.6 Å². The van der Waals surface area contributed by atoms with E-state index >= 15 is 0 Å². The Labute approximate surface area is 162 Å². The highest BCUT2D eigenvalue weighted by molar-refractivity contribution is 5.75. The third kappa shape index (κ3) is 3.33. The Balaban J connectivity index is 1.18. The number of carbonyl (C=O) groups excluding carboxylic acids is 1. The molecule has 2 aliphatic carbocycles. The second kappa shape index (κ2) is 6.97. The molecule has 5 rings (SSSR count). The van der Waals surface area contributed by atoms with E-state index in [1.165, 1.54) is 19.3 Å². The van der Waals surface area contributed by atoms with E-state index in [0.29, 0.717) is 11.8 Å². The fourth-order valence-corrected chi connectivity index (χ4v) is 6.51. The van der Waals surface area contributed by atoms with Crippen molar-refractivity contribution in [3.63, 3.8) is 0 Å². The molecule has 0 aromatic heterocycles. The lowest BCUT2D eigenvalue weighted by molar-refractivity contribution is -0.147. The maximum Gasteiger partial charge on any atom is 0.310 e. The average molecular weight is 379 g/mol. The fraction of sp³-hybridized carbons (Fsp3) is 0.952. The number of fused-ring (bicyclic) bond motifs is 3. The third-order valence-corrected chi connectivity index (χ3v) is 8.15. The molecule has 6 nitrogen and oxygen atoms in total. The molecule has 6 heteroatoms. The number of nitrogens with zero attached hydrogens (tertiary/aromatic N) is 1. The van der Waals surface area contributed by atoms with Gasteiger partial charge in [-0.1, -0.05) is 6.92 Å². The molecule has 0 unspecified atom stereocenters. The van der Waals surface area contributed by atoms with Gasteiger partial charge >= 0.3 is 5.97 Å². The van der Waals surface area contributed by atoms with E-state index in [1.807, 2.05) is 0 Å². The number of nitrogens with one attached hydrogen (secondary N) is 1. The summed E-state index contributed by atoms with van der Waals surface area (Å²) in [7, 11) is 0. The van der Waals surface area contributed by atoms with Crippen LogP contribution < -0.4 is 5.32 Å². The summed E-state index contributed by atoms with van der Waals surface area (Å²) in [5.41, 5.74) is 0.423. The van der Waals surface area contributed by atoms with Gasteiger partial charge in [0.1, 0.15) is 6.10 Å². The SMILES string of the molecule is C[C@]12CCC[C@]3(CO3)[C@@H]1C[C@@H]1[C@H](CNCCN3CCOCC3)C(=O)O[C@@H]1C2. The summed E-state index contributed by atoms with van der Waals surface area (Å²) < 4.78 is 17.3. The van der Waals surface area contributed by atoms with Gasteiger partial charge in [-0.3, -0.25) is 9.69 Å². The molecule has 1 spiro atoms. The van der Waals surface area contributed by atoms with E-state index in [-0.39, 0.29) is 29.0 Å². The van der Waals surface area contributed by atoms with Crippen LogP contribution in [0.1, 0.15) is 39.0 Å². The first-order valence-electron chi connectivity index (χ1n) is 10.9. The van der Waals surface area contributed by atoms with Gasteiger partial charge in [0.15, 0.2) is 0 Å². The Morgan fingerprint density at radius 3 is 2.85 bits per heavy atom. The Kier molecular flexibility index (Phi) is 4.74. The van der Waals surface area contributed by atoms with Crippen LogP contribution in [0.25, 0.3) is 0 Å². The van der Waals surface area contributed by atoms with E-state index in [2.05, 4.69) is 17.1 Å². The average Bonchev–Trinajstić information content (AvgIpc) is 3.36. The van der Waals surface area contributed by atoms with E-state index in [9.17, 15) is 4.79 Å². The molecule has 152 valence electrons. The monoisotopic (exact) mass is 378 g/mol. The van der Waals surface area contributed by atoms with Gasteiger partial charge in [-0.2, -0.15) is 0 Å². The maximum absolute atomic E-state index is 12.6. The van der Waals surface area contributed by atoms with E-state index in [4.69, 9.17) is 14.2 Å². The molecule has 0 aromatic rings. The molecular weight excluding hydrogens is 344 g/mol. The zero-order valence-corrected chi connectivity index (χ0v) is 16.6. The number of morpholine rings is 1. The Bertz CT molecular complexity index is 575. The van der Waals surface area contributed by atoms with E-state index in [1.54, 1.807) is 0 Å². The topological polar surface area (TPSA) is 63.3 Å². The molecule has 5 aliphatic rings. The summed E-state index contributed by atoms with van der Waals surface area (Å²) in [5, 5.41) is 3.54. The molecule has 0 amide bonds. The molecule has 0 bridgehead atoms. The van der Waals surface area contributed by atoms with Crippen LogP contribution in [0.15, 0.2) is 0 Å². The van der Waals surface area contributed by atoms with Crippen molar-refractivity contribution in [2.45, 2.75) is 50.7 Å². The Hall–Kier alpha value is -0.690. The van der Waals surface area contributed by atoms with Crippen LogP contribution in [-0.2, 0) is 19.0 Å². The van der Waals surface area contributed by atoms with Crippen molar-refractivity contribution in [2.24, 2.45) is 23.2 Å². The summed E-state index contributed by atoms with van der Waals surface area (Å²) in [5.74, 6) is 1.01. The maximum atomic E-state index is 12.6. The smallest absolute Gasteiger partial charge is 0.310 e. The van der Waals surface area contributed by atoms with Crippen molar-refractivity contribution in [3.8, 4) is 0 Å². The highest BCUT2D eigenvalue weighted by Gasteiger charge is 2.64. The van der Waals surface area contributed by atoms with E-state index < -0.39 is 0 Å². The zero-order chi connectivity index (χ0) is 18.5. The van der Waals surface area contributed by atoms with Gasteiger partial charge in [-0.05, 0) is 43.4 Å². The van der Waals surface area contributed by atoms with Gasteiger partial charge in [0.05, 0.1) is 31.3 Å². The van der Waals surface area contributed by atoms with Crippen LogP contribution in [0.5, 0.6) is 0 Å². The molecule has 0 radical (unpaired) electrons. The van der Waals surface area contributed by atoms with Gasteiger partial charge in [-0.15, -0.1) is 0 Å². The quantitative estimate of drug-likeness (QED) is 0.444. The van der Waals surface area contributed by atoms with Crippen molar-refractivity contribution >= 4 is 5.97 Å². The molecule has 6 atom stereocenters. The molecule has 3 aliphatic heterocycles. The molecule has 1 N–H and O–H groups in total. The summed E-state index contributed by atoms with van der Waals surface area (Å²) >= 11 is 0. The lowest BCUT2D eigenvalue weighted by atomic mass is 9.53. The Morgan fingerprint density at radius 1 is 1.26 bits per heavy atom. The number of ether oxygens (including phenoxy) is 3. The molecule has 5 fully saturated rings. The lowest BCUT2D eigenvalue weighted by Crippen LogP contribution is -2.51. The van der Waals surface area contributed by atoms with Crippen LogP contribution in [0.3, 0.4) is 0 Å². The van der Waals surface area contributed by atoms with Crippen LogP contribution in [0.4, 0.5) is 0 Å². The molecule has 0 aromatic carbocycles. The molecule has 3 saturated heterocycles. The van der Waals surface area contributed by atoms with Gasteiger partial charge in [0.25, 0.3) is 0 Å². The minimum Gasteiger partial charge on any atom is -0.462 e. The van der Waals surface area contributed by atoms with Crippen molar-refractivity contribution < 1.29 is 19.0 Å². The summed E-state index contributed by atoms with van der Waals surface area (Å²) in [6.45, 7) is 9.75. The van der Waals surface area contributed by atoms with Crippen LogP contribution in [0, 0.1) is 23.2 Å². The third-order valence-electron chi connectivity index (χ3n) is 8.15. The van der Waals surface area contributed by atoms with Gasteiger partial charge in [0.2, 0.25) is 0 Å². The number of carbonyl (C=O) groups is 1. The standard InChI is InChI=1S/C21H34N2O4/c1-20-3-2-4-21(14-26-21)18(20)11-15-16(19(24)27-17(15)12-20)13-22-5-6-23-7-9-25-10-8-23/h15-18,22H,2-14H2,1H3/t15-,16+,17-,18-,20-,21+/m1/s1. The van der Waals surface area contributed by atoms with Gasteiger partial charge in [-0.25, -0.2) is 0 Å². The highest BCUT2D eigenvalue weighted by atomic mass is 16.6. The summed E-state index contributed by atoms with van der Waals surface area (Å²) in [6, 6.07) is 0. The number of epoxide rings is 1. The fourth-order valence-electron chi connectivity index (χ4n) is 6.51. The number of hydrogen-bond donors (Lipinski definition) is 1. The van der Waals surface area contributed by atoms with Crippen LogP contribution >= 0.6 is 0 Å². The van der Waals surface area contributed by atoms with E-state index in [0.717, 1.165) is 65.4 Å².